The van der Waals surface area contributed by atoms with E-state index in [1.807, 2.05) is 34.7 Å². The summed E-state index contributed by atoms with van der Waals surface area (Å²) < 4.78 is 52.3. The molecular formula is C28H31F3N6O2. The number of benzene rings is 1. The van der Waals surface area contributed by atoms with E-state index in [0.717, 1.165) is 54.1 Å². The van der Waals surface area contributed by atoms with E-state index in [2.05, 4.69) is 10.2 Å². The summed E-state index contributed by atoms with van der Waals surface area (Å²) in [5.74, 6) is 1.23. The molecule has 1 saturated carbocycles. The minimum absolute atomic E-state index is 0.00680. The molecule has 0 spiro atoms. The molecular weight excluding hydrogens is 509 g/mol. The van der Waals surface area contributed by atoms with Crippen molar-refractivity contribution >= 4 is 5.52 Å². The van der Waals surface area contributed by atoms with E-state index in [4.69, 9.17) is 4.74 Å². The summed E-state index contributed by atoms with van der Waals surface area (Å²) in [4.78, 5) is 15.6. The molecule has 0 amide bonds. The Hall–Kier alpha value is -3.44. The fraction of sp³-hybridized carbons (Fsp3) is 0.464. The van der Waals surface area contributed by atoms with Gasteiger partial charge >= 0.3 is 11.9 Å². The molecule has 11 heteroatoms. The Labute approximate surface area is 223 Å². The number of likely N-dealkylation sites (tertiary alicyclic amines) is 1. The van der Waals surface area contributed by atoms with Crippen molar-refractivity contribution in [3.8, 4) is 5.69 Å². The lowest BCUT2D eigenvalue weighted by atomic mass is 9.72. The van der Waals surface area contributed by atoms with Crippen molar-refractivity contribution in [1.29, 1.82) is 0 Å². The summed E-state index contributed by atoms with van der Waals surface area (Å²) in [6.07, 6.45) is 4.07. The molecule has 0 bridgehead atoms. The summed E-state index contributed by atoms with van der Waals surface area (Å²) >= 11 is 0. The number of hydrogen-bond donors (Lipinski definition) is 0. The van der Waals surface area contributed by atoms with Gasteiger partial charge in [0.15, 0.2) is 0 Å². The van der Waals surface area contributed by atoms with Gasteiger partial charge in [0.1, 0.15) is 12.2 Å². The van der Waals surface area contributed by atoms with Gasteiger partial charge in [-0.15, -0.1) is 10.2 Å². The highest BCUT2D eigenvalue weighted by Crippen LogP contribution is 2.43. The first kappa shape index (κ1) is 25.8. The van der Waals surface area contributed by atoms with Crippen LogP contribution in [0.4, 0.5) is 13.2 Å². The topological polar surface area (TPSA) is 69.6 Å². The van der Waals surface area contributed by atoms with Crippen LogP contribution in [0, 0.1) is 5.92 Å². The average molecular weight is 541 g/mol. The number of nitrogens with zero attached hydrogens (tertiary/aromatic N) is 6. The highest BCUT2D eigenvalue weighted by Gasteiger charge is 2.36. The van der Waals surface area contributed by atoms with Crippen LogP contribution in [0.3, 0.4) is 0 Å². The molecule has 6 rings (SSSR count). The van der Waals surface area contributed by atoms with Crippen LogP contribution in [0.15, 0.2) is 53.8 Å². The molecule has 2 atom stereocenters. The second-order valence-electron chi connectivity index (χ2n) is 10.7. The van der Waals surface area contributed by atoms with Gasteiger partial charge in [0.05, 0.1) is 22.9 Å². The summed E-state index contributed by atoms with van der Waals surface area (Å²) in [5, 5.41) is 8.41. The third kappa shape index (κ3) is 4.78. The lowest BCUT2D eigenvalue weighted by Crippen LogP contribution is -2.25. The minimum atomic E-state index is -4.61. The summed E-state index contributed by atoms with van der Waals surface area (Å²) in [7, 11) is 3.55. The number of methoxy groups -OCH3 is 1. The zero-order chi connectivity index (χ0) is 27.3. The fourth-order valence-electron chi connectivity index (χ4n) is 5.98. The van der Waals surface area contributed by atoms with Crippen LogP contribution in [0.25, 0.3) is 11.2 Å². The van der Waals surface area contributed by atoms with Crippen molar-refractivity contribution in [3.63, 3.8) is 0 Å². The standard InChI is InChI=1S/C28H31F3N6O2/c1-34-17-32-33-26(34)25(19-5-3-6-19)20-7-4-8-21(12-20)36-16-24-23(28(29,30)31)11-18(14-37(24)27(36)38)13-35-10-9-22(15-35)39-2/h4,7-8,11-12,14,16-17,19,22,25H,3,5-6,9-10,13,15H2,1-2H3/t22-,25-/m1/s1. The lowest BCUT2D eigenvalue weighted by Gasteiger charge is -2.33. The predicted octanol–water partition coefficient (Wildman–Crippen LogP) is 4.39. The average Bonchev–Trinajstić information content (AvgIpc) is 3.60. The second kappa shape index (κ2) is 9.95. The maximum absolute atomic E-state index is 14.2. The van der Waals surface area contributed by atoms with Gasteiger partial charge in [0, 0.05) is 52.1 Å². The number of imidazole rings is 1. The van der Waals surface area contributed by atoms with Crippen molar-refractivity contribution in [2.45, 2.75) is 50.4 Å². The molecule has 39 heavy (non-hydrogen) atoms. The van der Waals surface area contributed by atoms with E-state index in [1.165, 1.54) is 17.0 Å². The number of alkyl halides is 3. The van der Waals surface area contributed by atoms with E-state index in [1.54, 1.807) is 19.5 Å². The predicted molar refractivity (Wildman–Crippen MR) is 139 cm³/mol. The molecule has 4 aromatic rings. The first-order chi connectivity index (χ1) is 18.7. The molecule has 2 fully saturated rings. The normalized spacial score (nSPS) is 19.6. The highest BCUT2D eigenvalue weighted by molar-refractivity contribution is 5.58. The maximum Gasteiger partial charge on any atom is 0.418 e. The number of fused-ring (bicyclic) bond motifs is 1. The smallest absolute Gasteiger partial charge is 0.380 e. The van der Waals surface area contributed by atoms with E-state index < -0.39 is 17.4 Å². The molecule has 1 saturated heterocycles. The van der Waals surface area contributed by atoms with Crippen molar-refractivity contribution in [1.82, 2.24) is 28.6 Å². The number of rotatable bonds is 7. The van der Waals surface area contributed by atoms with Crippen LogP contribution >= 0.6 is 0 Å². The number of hydrogen-bond acceptors (Lipinski definition) is 5. The van der Waals surface area contributed by atoms with Gasteiger partial charge in [-0.05, 0) is 54.5 Å². The van der Waals surface area contributed by atoms with Crippen LogP contribution in [-0.2, 0) is 24.5 Å². The largest absolute Gasteiger partial charge is 0.418 e. The maximum atomic E-state index is 14.2. The molecule has 0 radical (unpaired) electrons. The molecule has 1 aliphatic heterocycles. The van der Waals surface area contributed by atoms with Gasteiger partial charge in [0.25, 0.3) is 0 Å². The Bertz CT molecular complexity index is 1550. The molecule has 8 nitrogen and oxygen atoms in total. The van der Waals surface area contributed by atoms with Gasteiger partial charge in [-0.1, -0.05) is 18.6 Å². The van der Waals surface area contributed by atoms with Gasteiger partial charge in [-0.25, -0.2) is 4.79 Å². The Morgan fingerprint density at radius 3 is 2.62 bits per heavy atom. The third-order valence-electron chi connectivity index (χ3n) is 8.25. The van der Waals surface area contributed by atoms with Crippen molar-refractivity contribution in [2.75, 3.05) is 20.2 Å². The summed E-state index contributed by atoms with van der Waals surface area (Å²) in [6.45, 7) is 1.69. The molecule has 4 heterocycles. The van der Waals surface area contributed by atoms with Gasteiger partial charge in [-0.2, -0.15) is 13.2 Å². The number of halogens is 3. The molecule has 2 aliphatic rings. The molecule has 0 N–H and O–H groups in total. The fourth-order valence-corrected chi connectivity index (χ4v) is 5.98. The molecule has 1 aliphatic carbocycles. The van der Waals surface area contributed by atoms with Crippen molar-refractivity contribution in [3.05, 3.63) is 82.1 Å². The SMILES string of the molecule is CO[C@@H]1CCN(Cc2cc(C(F)(F)F)c3cn(-c4cccc([C@H](c5nncn5C)C5CCC5)c4)c(=O)n3c2)C1. The van der Waals surface area contributed by atoms with E-state index in [-0.39, 0.29) is 17.5 Å². The first-order valence-corrected chi connectivity index (χ1v) is 13.3. The Morgan fingerprint density at radius 1 is 1.15 bits per heavy atom. The third-order valence-corrected chi connectivity index (χ3v) is 8.25. The van der Waals surface area contributed by atoms with E-state index in [9.17, 15) is 18.0 Å². The van der Waals surface area contributed by atoms with Gasteiger partial charge in [-0.3, -0.25) is 13.9 Å². The van der Waals surface area contributed by atoms with Crippen LogP contribution in [0.1, 0.15) is 54.1 Å². The first-order valence-electron chi connectivity index (χ1n) is 13.3. The zero-order valence-electron chi connectivity index (χ0n) is 21.9. The monoisotopic (exact) mass is 540 g/mol. The van der Waals surface area contributed by atoms with Crippen molar-refractivity contribution < 1.29 is 17.9 Å². The Kier molecular flexibility index (Phi) is 6.58. The van der Waals surface area contributed by atoms with Crippen LogP contribution in [0.2, 0.25) is 0 Å². The summed E-state index contributed by atoms with van der Waals surface area (Å²) in [6, 6.07) is 8.64. The molecule has 3 aromatic heterocycles. The van der Waals surface area contributed by atoms with Crippen LogP contribution in [-0.4, -0.2) is 54.9 Å². The molecule has 206 valence electrons. The number of pyridine rings is 1. The number of aryl methyl sites for hydroxylation is 1. The van der Waals surface area contributed by atoms with Crippen LogP contribution in [0.5, 0.6) is 0 Å². The Morgan fingerprint density at radius 2 is 1.97 bits per heavy atom. The number of aromatic nitrogens is 5. The zero-order valence-corrected chi connectivity index (χ0v) is 21.9. The van der Waals surface area contributed by atoms with E-state index >= 15 is 0 Å². The van der Waals surface area contributed by atoms with E-state index in [0.29, 0.717) is 30.3 Å². The molecule has 0 unspecified atom stereocenters. The quantitative estimate of drug-likeness (QED) is 0.348. The van der Waals surface area contributed by atoms with Crippen LogP contribution < -0.4 is 5.69 Å². The van der Waals surface area contributed by atoms with Gasteiger partial charge in [0.2, 0.25) is 0 Å². The second-order valence-corrected chi connectivity index (χ2v) is 10.7. The Balaban J connectivity index is 1.42. The number of ether oxygens (including phenoxy) is 1. The van der Waals surface area contributed by atoms with Crippen molar-refractivity contribution in [2.24, 2.45) is 13.0 Å². The van der Waals surface area contributed by atoms with Gasteiger partial charge < -0.3 is 9.30 Å². The molecule has 1 aromatic carbocycles. The lowest BCUT2D eigenvalue weighted by molar-refractivity contribution is -0.136. The highest BCUT2D eigenvalue weighted by atomic mass is 19.4. The summed E-state index contributed by atoms with van der Waals surface area (Å²) in [5.41, 5.74) is 0.401. The minimum Gasteiger partial charge on any atom is -0.380 e.